The lowest BCUT2D eigenvalue weighted by atomic mass is 10.0. The lowest BCUT2D eigenvalue weighted by Gasteiger charge is -2.10. The summed E-state index contributed by atoms with van der Waals surface area (Å²) in [5.74, 6) is 0.981. The van der Waals surface area contributed by atoms with Gasteiger partial charge < -0.3 is 5.73 Å². The van der Waals surface area contributed by atoms with Crippen LogP contribution >= 0.6 is 0 Å². The quantitative estimate of drug-likeness (QED) is 0.798. The van der Waals surface area contributed by atoms with E-state index in [-0.39, 0.29) is 6.04 Å². The number of hydrogen-bond acceptors (Lipinski definition) is 2. The van der Waals surface area contributed by atoms with Gasteiger partial charge in [0.1, 0.15) is 5.78 Å². The van der Waals surface area contributed by atoms with E-state index in [9.17, 15) is 4.79 Å². The van der Waals surface area contributed by atoms with Crippen molar-refractivity contribution in [2.45, 2.75) is 31.7 Å². The maximum atomic E-state index is 11.6. The van der Waals surface area contributed by atoms with Crippen molar-refractivity contribution in [3.8, 4) is 0 Å². The fourth-order valence-corrected chi connectivity index (χ4v) is 1.79. The first-order valence-corrected chi connectivity index (χ1v) is 5.58. The van der Waals surface area contributed by atoms with Crippen molar-refractivity contribution in [2.24, 2.45) is 11.7 Å². The lowest BCUT2D eigenvalue weighted by Crippen LogP contribution is -2.15. The Balaban J connectivity index is 1.85. The molecule has 80 valence electrons. The van der Waals surface area contributed by atoms with E-state index in [4.69, 9.17) is 5.73 Å². The Bertz CT molecular complexity index is 330. The Kier molecular flexibility index (Phi) is 3.17. The first-order valence-electron chi connectivity index (χ1n) is 5.58. The van der Waals surface area contributed by atoms with Crippen molar-refractivity contribution in [1.29, 1.82) is 0 Å². The SMILES string of the molecule is NC(CC(=O)CC1CC1)c1ccccc1. The highest BCUT2D eigenvalue weighted by atomic mass is 16.1. The number of carbonyl (C=O) groups excluding carboxylic acids is 1. The van der Waals surface area contributed by atoms with Gasteiger partial charge in [-0.15, -0.1) is 0 Å². The Morgan fingerprint density at radius 1 is 1.33 bits per heavy atom. The summed E-state index contributed by atoms with van der Waals surface area (Å²) < 4.78 is 0. The van der Waals surface area contributed by atoms with Gasteiger partial charge in [-0.25, -0.2) is 0 Å². The van der Waals surface area contributed by atoms with Crippen LogP contribution in [0.5, 0.6) is 0 Å². The maximum Gasteiger partial charge on any atom is 0.135 e. The number of nitrogens with two attached hydrogens (primary N) is 1. The normalized spacial score (nSPS) is 17.4. The molecule has 0 bridgehead atoms. The molecule has 2 rings (SSSR count). The molecule has 1 fully saturated rings. The molecule has 0 spiro atoms. The summed E-state index contributed by atoms with van der Waals surface area (Å²) in [4.78, 5) is 11.6. The number of rotatable bonds is 5. The molecule has 1 aromatic rings. The molecule has 1 aliphatic carbocycles. The van der Waals surface area contributed by atoms with E-state index in [2.05, 4.69) is 0 Å². The summed E-state index contributed by atoms with van der Waals surface area (Å²) in [5.41, 5.74) is 7.03. The first kappa shape index (κ1) is 10.4. The van der Waals surface area contributed by atoms with Gasteiger partial charge in [0, 0.05) is 18.9 Å². The maximum absolute atomic E-state index is 11.6. The highest BCUT2D eigenvalue weighted by molar-refractivity contribution is 5.79. The Morgan fingerprint density at radius 2 is 2.00 bits per heavy atom. The standard InChI is InChI=1S/C13H17NO/c14-13(11-4-2-1-3-5-11)9-12(15)8-10-6-7-10/h1-5,10,13H,6-9,14H2. The molecule has 0 aliphatic heterocycles. The fraction of sp³-hybridized carbons (Fsp3) is 0.462. The smallest absolute Gasteiger partial charge is 0.135 e. The Labute approximate surface area is 90.5 Å². The minimum absolute atomic E-state index is 0.127. The van der Waals surface area contributed by atoms with Gasteiger partial charge in [0.25, 0.3) is 0 Å². The van der Waals surface area contributed by atoms with Crippen LogP contribution in [0.4, 0.5) is 0 Å². The van der Waals surface area contributed by atoms with E-state index in [0.29, 0.717) is 18.1 Å². The number of carbonyl (C=O) groups is 1. The second-order valence-electron chi connectivity index (χ2n) is 4.41. The van der Waals surface area contributed by atoms with Gasteiger partial charge in [-0.2, -0.15) is 0 Å². The van der Waals surface area contributed by atoms with Crippen LogP contribution < -0.4 is 5.73 Å². The number of hydrogen-bond donors (Lipinski definition) is 1. The third-order valence-electron chi connectivity index (χ3n) is 2.89. The lowest BCUT2D eigenvalue weighted by molar-refractivity contribution is -0.119. The molecule has 0 radical (unpaired) electrons. The minimum atomic E-state index is -0.127. The molecule has 1 unspecified atom stereocenters. The molecule has 0 saturated heterocycles. The Morgan fingerprint density at radius 3 is 2.60 bits per heavy atom. The monoisotopic (exact) mass is 203 g/mol. The van der Waals surface area contributed by atoms with Crippen molar-refractivity contribution in [3.63, 3.8) is 0 Å². The molecule has 0 aromatic heterocycles. The van der Waals surface area contributed by atoms with Gasteiger partial charge in [-0.1, -0.05) is 30.3 Å². The third kappa shape index (κ3) is 3.17. The molecule has 15 heavy (non-hydrogen) atoms. The first-order chi connectivity index (χ1) is 7.25. The van der Waals surface area contributed by atoms with Gasteiger partial charge in [0.05, 0.1) is 0 Å². The van der Waals surface area contributed by atoms with Crippen LogP contribution in [-0.2, 0) is 4.79 Å². The summed E-state index contributed by atoms with van der Waals surface area (Å²) in [6.45, 7) is 0. The van der Waals surface area contributed by atoms with Gasteiger partial charge in [0.15, 0.2) is 0 Å². The zero-order valence-electron chi connectivity index (χ0n) is 8.86. The van der Waals surface area contributed by atoms with E-state index < -0.39 is 0 Å². The van der Waals surface area contributed by atoms with Crippen LogP contribution in [-0.4, -0.2) is 5.78 Å². The molecule has 1 aromatic carbocycles. The predicted octanol–water partition coefficient (Wildman–Crippen LogP) is 2.45. The second-order valence-corrected chi connectivity index (χ2v) is 4.41. The molecule has 2 nitrogen and oxygen atoms in total. The average Bonchev–Trinajstić information content (AvgIpc) is 3.03. The van der Waals surface area contributed by atoms with E-state index in [1.807, 2.05) is 30.3 Å². The minimum Gasteiger partial charge on any atom is -0.324 e. The van der Waals surface area contributed by atoms with Crippen LogP contribution in [0.1, 0.15) is 37.3 Å². The number of benzene rings is 1. The summed E-state index contributed by atoms with van der Waals surface area (Å²) in [5, 5.41) is 0. The van der Waals surface area contributed by atoms with E-state index in [1.165, 1.54) is 12.8 Å². The van der Waals surface area contributed by atoms with E-state index >= 15 is 0 Å². The van der Waals surface area contributed by atoms with Gasteiger partial charge in [0.2, 0.25) is 0 Å². The predicted molar refractivity (Wildman–Crippen MR) is 60.3 cm³/mol. The molecule has 1 atom stereocenters. The summed E-state index contributed by atoms with van der Waals surface area (Å²) >= 11 is 0. The van der Waals surface area contributed by atoms with E-state index in [1.54, 1.807) is 0 Å². The van der Waals surface area contributed by atoms with Crippen LogP contribution in [0.2, 0.25) is 0 Å². The van der Waals surface area contributed by atoms with Gasteiger partial charge >= 0.3 is 0 Å². The summed E-state index contributed by atoms with van der Waals surface area (Å²) in [6, 6.07) is 9.71. The molecule has 2 heteroatoms. The van der Waals surface area contributed by atoms with E-state index in [0.717, 1.165) is 12.0 Å². The third-order valence-corrected chi connectivity index (χ3v) is 2.89. The molecule has 1 saturated carbocycles. The molecule has 2 N–H and O–H groups in total. The second kappa shape index (κ2) is 4.58. The van der Waals surface area contributed by atoms with Gasteiger partial charge in [-0.05, 0) is 24.3 Å². The highest BCUT2D eigenvalue weighted by Gasteiger charge is 2.25. The van der Waals surface area contributed by atoms with Crippen LogP contribution in [0.25, 0.3) is 0 Å². The van der Waals surface area contributed by atoms with Crippen molar-refractivity contribution >= 4 is 5.78 Å². The summed E-state index contributed by atoms with van der Waals surface area (Å²) in [6.07, 6.45) is 3.68. The van der Waals surface area contributed by atoms with Crippen LogP contribution in [0.3, 0.4) is 0 Å². The topological polar surface area (TPSA) is 43.1 Å². The highest BCUT2D eigenvalue weighted by Crippen LogP contribution is 2.33. The molecule has 0 amide bonds. The molecular weight excluding hydrogens is 186 g/mol. The molecular formula is C13H17NO. The largest absolute Gasteiger partial charge is 0.324 e. The fourth-order valence-electron chi connectivity index (χ4n) is 1.79. The molecule has 1 aliphatic rings. The van der Waals surface area contributed by atoms with Crippen molar-refractivity contribution in [2.75, 3.05) is 0 Å². The molecule has 0 heterocycles. The zero-order valence-corrected chi connectivity index (χ0v) is 8.86. The van der Waals surface area contributed by atoms with Crippen molar-refractivity contribution in [3.05, 3.63) is 35.9 Å². The van der Waals surface area contributed by atoms with Crippen LogP contribution in [0, 0.1) is 5.92 Å². The van der Waals surface area contributed by atoms with Crippen molar-refractivity contribution in [1.82, 2.24) is 0 Å². The summed E-state index contributed by atoms with van der Waals surface area (Å²) in [7, 11) is 0. The van der Waals surface area contributed by atoms with Crippen LogP contribution in [0.15, 0.2) is 30.3 Å². The average molecular weight is 203 g/mol. The number of ketones is 1. The number of Topliss-reactive ketones (excluding diaryl/α,β-unsaturated/α-hetero) is 1. The van der Waals surface area contributed by atoms with Gasteiger partial charge in [-0.3, -0.25) is 4.79 Å². The van der Waals surface area contributed by atoms with Crippen molar-refractivity contribution < 1.29 is 4.79 Å². The zero-order chi connectivity index (χ0) is 10.7. The Hall–Kier alpha value is -1.15.